The number of halogens is 2. The summed E-state index contributed by atoms with van der Waals surface area (Å²) in [6.07, 6.45) is 8.26. The van der Waals surface area contributed by atoms with Gasteiger partial charge in [-0.15, -0.1) is 0 Å². The van der Waals surface area contributed by atoms with Crippen molar-refractivity contribution < 1.29 is 45.9 Å². The van der Waals surface area contributed by atoms with Crippen LogP contribution in [0, 0.1) is 17.3 Å². The van der Waals surface area contributed by atoms with E-state index in [1.807, 2.05) is 0 Å². The lowest BCUT2D eigenvalue weighted by Crippen LogP contribution is -2.55. The summed E-state index contributed by atoms with van der Waals surface area (Å²) in [7, 11) is -3.93. The van der Waals surface area contributed by atoms with Crippen LogP contribution in [0.5, 0.6) is 5.88 Å². The number of alkyl carbamates (subject to hydrolysis) is 1. The van der Waals surface area contributed by atoms with Crippen LogP contribution in [-0.2, 0) is 35.1 Å². The van der Waals surface area contributed by atoms with Gasteiger partial charge in [-0.2, -0.15) is 8.78 Å². The van der Waals surface area contributed by atoms with Gasteiger partial charge >= 0.3 is 12.0 Å². The minimum absolute atomic E-state index is 0.0877. The third kappa shape index (κ3) is 8.05. The molecular formula is C39H48F2N6O8S. The zero-order valence-corrected chi connectivity index (χ0v) is 32.0. The average molecular weight is 799 g/mol. The van der Waals surface area contributed by atoms with Gasteiger partial charge in [-0.3, -0.25) is 19.1 Å². The molecule has 3 aliphatic heterocycles. The van der Waals surface area contributed by atoms with E-state index in [9.17, 15) is 27.6 Å². The topological polar surface area (TPSA) is 186 Å². The first-order chi connectivity index (χ1) is 26.8. The smallest absolute Gasteiger partial charge is 0.407 e. The number of para-hydroxylation sites is 2. The first-order valence-electron chi connectivity index (χ1n) is 19.9. The van der Waals surface area contributed by atoms with Crippen LogP contribution in [0.2, 0.25) is 0 Å². The molecule has 0 radical (unpaired) electrons. The Morgan fingerprint density at radius 1 is 0.929 bits per heavy atom. The van der Waals surface area contributed by atoms with E-state index in [-0.39, 0.29) is 54.9 Å². The van der Waals surface area contributed by atoms with E-state index in [1.54, 1.807) is 24.3 Å². The Labute approximate surface area is 324 Å². The highest BCUT2D eigenvalue weighted by Gasteiger charge is 2.62. The molecule has 6 aliphatic rings. The summed E-state index contributed by atoms with van der Waals surface area (Å²) in [5.74, 6) is -7.69. The van der Waals surface area contributed by atoms with Crippen molar-refractivity contribution in [1.29, 1.82) is 0 Å². The third-order valence-corrected chi connectivity index (χ3v) is 14.2. The Bertz CT molecular complexity index is 2040. The van der Waals surface area contributed by atoms with Gasteiger partial charge in [-0.05, 0) is 81.9 Å². The van der Waals surface area contributed by atoms with Gasteiger partial charge in [-0.25, -0.2) is 23.2 Å². The number of carbonyl (C=O) groups is 4. The highest BCUT2D eigenvalue weighted by Crippen LogP contribution is 2.50. The van der Waals surface area contributed by atoms with Gasteiger partial charge in [0.05, 0.1) is 35.4 Å². The largest absolute Gasteiger partial charge is 0.470 e. The molecule has 4 amide bonds. The lowest BCUT2D eigenvalue weighted by atomic mass is 10.0. The maximum absolute atomic E-state index is 16.2. The van der Waals surface area contributed by atoms with Gasteiger partial charge in [0.15, 0.2) is 5.69 Å². The van der Waals surface area contributed by atoms with Crippen molar-refractivity contribution >= 4 is 44.9 Å². The molecule has 4 bridgehead atoms. The zero-order valence-electron chi connectivity index (χ0n) is 31.1. The van der Waals surface area contributed by atoms with Crippen molar-refractivity contribution in [1.82, 2.24) is 30.2 Å². The maximum Gasteiger partial charge on any atom is 0.407 e. The number of rotatable bonds is 3. The maximum atomic E-state index is 16.2. The van der Waals surface area contributed by atoms with E-state index >= 15 is 8.78 Å². The molecule has 14 nitrogen and oxygen atoms in total. The fourth-order valence-corrected chi connectivity index (χ4v) is 9.77. The summed E-state index contributed by atoms with van der Waals surface area (Å²) >= 11 is 0. The molecule has 2 aromatic rings. The van der Waals surface area contributed by atoms with Gasteiger partial charge < -0.3 is 25.0 Å². The SMILES string of the molecule is O=C1N[C@H]2CCCCCCC[C@@H]3C[C@]3(C(=O)NS(=O)(=O)C3CC3)NC(=O)C3CN(C[C@@H]3Oc3nc4ccccc4nc3C(F)(F)/C=C/CCC3(CC3)CO1)C2=O. The molecule has 56 heavy (non-hydrogen) atoms. The highest BCUT2D eigenvalue weighted by atomic mass is 32.2. The Morgan fingerprint density at radius 3 is 2.38 bits per heavy atom. The number of fused-ring (bicyclic) bond motifs is 7. The van der Waals surface area contributed by atoms with Gasteiger partial charge in [0.25, 0.3) is 5.91 Å². The first kappa shape index (κ1) is 38.5. The molecule has 8 rings (SSSR count). The molecule has 5 atom stereocenters. The lowest BCUT2D eigenvalue weighted by Gasteiger charge is -2.25. The van der Waals surface area contributed by atoms with Crippen molar-refractivity contribution in [3.8, 4) is 5.88 Å². The Kier molecular flexibility index (Phi) is 10.2. The molecule has 1 unspecified atom stereocenters. The Morgan fingerprint density at radius 2 is 1.64 bits per heavy atom. The fourth-order valence-electron chi connectivity index (χ4n) is 8.41. The third-order valence-electron chi connectivity index (χ3n) is 12.4. The first-order valence-corrected chi connectivity index (χ1v) is 21.4. The number of allylic oxidation sites excluding steroid dienone is 2. The molecule has 302 valence electrons. The van der Waals surface area contributed by atoms with E-state index in [0.29, 0.717) is 38.5 Å². The summed E-state index contributed by atoms with van der Waals surface area (Å²) in [5, 5.41) is 4.96. The number of nitrogens with one attached hydrogen (secondary N) is 3. The zero-order chi connectivity index (χ0) is 39.3. The second-order valence-electron chi connectivity index (χ2n) is 16.6. The minimum atomic E-state index is -3.93. The van der Waals surface area contributed by atoms with Crippen molar-refractivity contribution in [3.05, 3.63) is 42.1 Å². The van der Waals surface area contributed by atoms with Crippen LogP contribution in [0.1, 0.15) is 95.6 Å². The van der Waals surface area contributed by atoms with Gasteiger partial charge in [0.1, 0.15) is 17.7 Å². The summed E-state index contributed by atoms with van der Waals surface area (Å²) in [6.45, 7) is -0.382. The number of hydrogen-bond donors (Lipinski definition) is 3. The Hall–Kier alpha value is -4.41. The molecule has 17 heteroatoms. The van der Waals surface area contributed by atoms with E-state index in [0.717, 1.165) is 44.6 Å². The molecule has 1 aromatic carbocycles. The van der Waals surface area contributed by atoms with Gasteiger partial charge in [0.2, 0.25) is 27.7 Å². The van der Waals surface area contributed by atoms with Gasteiger partial charge in [0, 0.05) is 12.0 Å². The molecule has 3 aliphatic carbocycles. The number of hydrogen-bond acceptors (Lipinski definition) is 10. The standard InChI is InChI=1S/C39H48F2N6O8S/c40-39(41)17-9-8-16-37(18-19-37)23-54-36(51)44-29-13-5-3-1-2-4-10-24-20-38(24,35(50)46-56(52,53)25-14-15-25)45-32(48)26-21-47(34(29)49)22-30(26)55-33-31(39)42-27-11-6-7-12-28(27)43-33/h6-7,9,11-12,17,24-26,29-30H,1-5,8,10,13-16,18-23H2,(H,44,51)(H,45,48)(H,46,50)/b17-9+/t24-,26?,29+,30+,38+/m1/s1. The predicted molar refractivity (Wildman–Crippen MR) is 198 cm³/mol. The average Bonchev–Trinajstić information content (AvgIpc) is 4.09. The van der Waals surface area contributed by atoms with Crippen LogP contribution in [-0.4, -0.2) is 89.7 Å². The molecule has 2 saturated heterocycles. The number of ether oxygens (including phenoxy) is 2. The van der Waals surface area contributed by atoms with Crippen LogP contribution in [0.3, 0.4) is 0 Å². The Balaban J connectivity index is 1.16. The summed E-state index contributed by atoms with van der Waals surface area (Å²) in [4.78, 5) is 65.8. The number of aromatic nitrogens is 2. The molecule has 1 aromatic heterocycles. The van der Waals surface area contributed by atoms with E-state index in [1.165, 1.54) is 11.0 Å². The van der Waals surface area contributed by atoms with Crippen LogP contribution in [0.4, 0.5) is 13.6 Å². The molecule has 5 fully saturated rings. The normalized spacial score (nSPS) is 31.5. The van der Waals surface area contributed by atoms with Crippen molar-refractivity contribution in [2.45, 2.75) is 119 Å². The second kappa shape index (κ2) is 14.8. The molecule has 4 heterocycles. The van der Waals surface area contributed by atoms with Crippen molar-refractivity contribution in [2.24, 2.45) is 17.3 Å². The van der Waals surface area contributed by atoms with Crippen LogP contribution in [0.25, 0.3) is 11.0 Å². The number of benzene rings is 1. The second-order valence-corrected chi connectivity index (χ2v) is 18.6. The lowest BCUT2D eigenvalue weighted by molar-refractivity contribution is -0.134. The number of amides is 4. The van der Waals surface area contributed by atoms with Crippen molar-refractivity contribution in [2.75, 3.05) is 19.7 Å². The monoisotopic (exact) mass is 798 g/mol. The number of alkyl halides is 2. The quantitative estimate of drug-likeness (QED) is 0.377. The van der Waals surface area contributed by atoms with Crippen LogP contribution < -0.4 is 20.1 Å². The predicted octanol–water partition coefficient (Wildman–Crippen LogP) is 4.38. The number of sulfonamides is 1. The van der Waals surface area contributed by atoms with Crippen LogP contribution >= 0.6 is 0 Å². The fraction of sp³-hybridized carbons (Fsp3) is 0.641. The number of cyclic esters (lactones) is 1. The summed E-state index contributed by atoms with van der Waals surface area (Å²) in [6, 6.07) is 5.50. The molecule has 1 spiro atoms. The van der Waals surface area contributed by atoms with E-state index < -0.39 is 80.2 Å². The van der Waals surface area contributed by atoms with Crippen molar-refractivity contribution in [3.63, 3.8) is 0 Å². The minimum Gasteiger partial charge on any atom is -0.470 e. The molecular weight excluding hydrogens is 751 g/mol. The summed E-state index contributed by atoms with van der Waals surface area (Å²) in [5.41, 5.74) is -2.11. The van der Waals surface area contributed by atoms with E-state index in [4.69, 9.17) is 9.47 Å². The van der Waals surface area contributed by atoms with E-state index in [2.05, 4.69) is 25.3 Å². The van der Waals surface area contributed by atoms with Crippen LogP contribution in [0.15, 0.2) is 36.4 Å². The molecule has 3 saturated carbocycles. The van der Waals surface area contributed by atoms with Gasteiger partial charge in [-0.1, -0.05) is 50.3 Å². The number of carbonyl (C=O) groups excluding carboxylic acids is 4. The number of nitrogens with zero attached hydrogens (tertiary/aromatic N) is 3. The highest BCUT2D eigenvalue weighted by molar-refractivity contribution is 7.91. The summed E-state index contributed by atoms with van der Waals surface area (Å²) < 4.78 is 72.3. The molecule has 3 N–H and O–H groups in total.